The Morgan fingerprint density at radius 3 is 1.84 bits per heavy atom. The molecule has 4 nitrogen and oxygen atoms in total. The first-order valence-electron chi connectivity index (χ1n) is 9.65. The Morgan fingerprint density at radius 1 is 0.960 bits per heavy atom. The van der Waals surface area contributed by atoms with Gasteiger partial charge in [-0.05, 0) is 32.9 Å². The number of piperazine rings is 1. The summed E-state index contributed by atoms with van der Waals surface area (Å²) in [7, 11) is 0. The third-order valence-corrected chi connectivity index (χ3v) is 3.55. The van der Waals surface area contributed by atoms with Gasteiger partial charge in [0.05, 0.1) is 0 Å². The Bertz CT molecular complexity index is 445. The molecule has 0 radical (unpaired) electrons. The van der Waals surface area contributed by atoms with E-state index < -0.39 is 5.60 Å². The summed E-state index contributed by atoms with van der Waals surface area (Å²) in [5, 5.41) is 0. The van der Waals surface area contributed by atoms with Crippen LogP contribution in [0.5, 0.6) is 0 Å². The molecule has 0 aromatic heterocycles. The molecule has 1 amide bonds. The molecular weight excluding hydrogens is 312 g/mol. The largest absolute Gasteiger partial charge is 0.444 e. The van der Waals surface area contributed by atoms with Gasteiger partial charge in [-0.15, -0.1) is 0 Å². The number of hydrogen-bond donors (Lipinski definition) is 0. The van der Waals surface area contributed by atoms with Crippen molar-refractivity contribution < 1.29 is 9.53 Å². The molecule has 144 valence electrons. The number of carbonyl (C=O) groups excluding carboxylic acids is 1. The van der Waals surface area contributed by atoms with Crippen molar-refractivity contribution in [3.05, 3.63) is 30.3 Å². The number of hydrogen-bond acceptors (Lipinski definition) is 3. The summed E-state index contributed by atoms with van der Waals surface area (Å²) in [6.45, 7) is 17.2. The predicted molar refractivity (Wildman–Crippen MR) is 108 cm³/mol. The Balaban J connectivity index is 0.000000845. The number of ether oxygens (including phenoxy) is 1. The minimum Gasteiger partial charge on any atom is -0.444 e. The number of nitrogens with zero attached hydrogens (tertiary/aromatic N) is 2. The zero-order valence-electron chi connectivity index (χ0n) is 17.3. The first-order valence-corrected chi connectivity index (χ1v) is 9.65. The van der Waals surface area contributed by atoms with Crippen LogP contribution in [0.4, 0.5) is 10.5 Å². The summed E-state index contributed by atoms with van der Waals surface area (Å²) in [6, 6.07) is 10.3. The molecule has 0 aliphatic carbocycles. The lowest BCUT2D eigenvalue weighted by atomic mass is 10.2. The van der Waals surface area contributed by atoms with Gasteiger partial charge in [-0.1, -0.05) is 58.7 Å². The van der Waals surface area contributed by atoms with Gasteiger partial charge in [0.15, 0.2) is 0 Å². The molecule has 0 atom stereocenters. The number of rotatable bonds is 2. The van der Waals surface area contributed by atoms with Crippen molar-refractivity contribution in [1.29, 1.82) is 0 Å². The highest BCUT2D eigenvalue weighted by atomic mass is 16.6. The van der Waals surface area contributed by atoms with Crippen LogP contribution in [-0.2, 0) is 4.74 Å². The molecule has 1 aromatic rings. The SMILES string of the molecule is CC.CC(C)(C)OC(=O)N1CCN(c2ccccc2)CC1.CCCC. The van der Waals surface area contributed by atoms with Crippen molar-refractivity contribution >= 4 is 11.8 Å². The number of para-hydroxylation sites is 1. The fourth-order valence-electron chi connectivity index (χ4n) is 2.11. The number of amides is 1. The number of carbonyl (C=O) groups is 1. The van der Waals surface area contributed by atoms with Crippen LogP contribution in [0, 0.1) is 0 Å². The first kappa shape index (κ1) is 23.3. The van der Waals surface area contributed by atoms with E-state index in [0.29, 0.717) is 13.1 Å². The maximum Gasteiger partial charge on any atom is 0.410 e. The third-order valence-electron chi connectivity index (χ3n) is 3.55. The molecule has 25 heavy (non-hydrogen) atoms. The monoisotopic (exact) mass is 350 g/mol. The van der Waals surface area contributed by atoms with E-state index in [-0.39, 0.29) is 6.09 Å². The minimum atomic E-state index is -0.423. The fraction of sp³-hybridized carbons (Fsp3) is 0.667. The molecule has 1 saturated heterocycles. The average molecular weight is 351 g/mol. The van der Waals surface area contributed by atoms with E-state index in [1.807, 2.05) is 52.8 Å². The fourth-order valence-corrected chi connectivity index (χ4v) is 2.11. The summed E-state index contributed by atoms with van der Waals surface area (Å²) in [5.41, 5.74) is 0.791. The second-order valence-corrected chi connectivity index (χ2v) is 6.79. The lowest BCUT2D eigenvalue weighted by Crippen LogP contribution is -2.50. The molecule has 1 fully saturated rings. The van der Waals surface area contributed by atoms with Crippen molar-refractivity contribution in [2.75, 3.05) is 31.1 Å². The third kappa shape index (κ3) is 10.0. The van der Waals surface area contributed by atoms with E-state index in [1.54, 1.807) is 4.90 Å². The van der Waals surface area contributed by atoms with Gasteiger partial charge in [-0.2, -0.15) is 0 Å². The Hall–Kier alpha value is -1.71. The molecule has 0 unspecified atom stereocenters. The Labute approximate surface area is 155 Å². The highest BCUT2D eigenvalue weighted by Gasteiger charge is 2.25. The van der Waals surface area contributed by atoms with Crippen LogP contribution in [0.2, 0.25) is 0 Å². The topological polar surface area (TPSA) is 32.8 Å². The normalized spacial score (nSPS) is 13.9. The quantitative estimate of drug-likeness (QED) is 0.698. The zero-order chi connectivity index (χ0) is 19.3. The second-order valence-electron chi connectivity index (χ2n) is 6.79. The van der Waals surface area contributed by atoms with Crippen LogP contribution in [0.1, 0.15) is 61.3 Å². The average Bonchev–Trinajstić information content (AvgIpc) is 2.63. The first-order chi connectivity index (χ1) is 11.9. The standard InChI is InChI=1S/C15H22N2O2.C4H10.C2H6/c1-15(2,3)19-14(18)17-11-9-16(10-12-17)13-7-5-4-6-8-13;1-3-4-2;1-2/h4-8H,9-12H2,1-3H3;3-4H2,1-2H3;1-2H3. The number of anilines is 1. The highest BCUT2D eigenvalue weighted by Crippen LogP contribution is 2.17. The van der Waals surface area contributed by atoms with E-state index in [9.17, 15) is 4.79 Å². The van der Waals surface area contributed by atoms with Crippen molar-refractivity contribution in [3.8, 4) is 0 Å². The second kappa shape index (κ2) is 12.6. The summed E-state index contributed by atoms with van der Waals surface area (Å²) in [5.74, 6) is 0. The van der Waals surface area contributed by atoms with Gasteiger partial charge in [0.2, 0.25) is 0 Å². The van der Waals surface area contributed by atoms with Crippen LogP contribution >= 0.6 is 0 Å². The predicted octanol–water partition coefficient (Wildman–Crippen LogP) is 5.58. The Kier molecular flexibility index (Phi) is 11.8. The molecular formula is C21H38N2O2. The molecule has 4 heteroatoms. The Morgan fingerprint density at radius 2 is 1.44 bits per heavy atom. The van der Waals surface area contributed by atoms with E-state index in [4.69, 9.17) is 4.74 Å². The lowest BCUT2D eigenvalue weighted by Gasteiger charge is -2.36. The van der Waals surface area contributed by atoms with Crippen LogP contribution in [0.3, 0.4) is 0 Å². The maximum atomic E-state index is 11.9. The van der Waals surface area contributed by atoms with Crippen molar-refractivity contribution in [2.24, 2.45) is 0 Å². The zero-order valence-corrected chi connectivity index (χ0v) is 17.3. The van der Waals surface area contributed by atoms with E-state index in [0.717, 1.165) is 13.1 Å². The molecule has 2 rings (SSSR count). The summed E-state index contributed by atoms with van der Waals surface area (Å²) < 4.78 is 5.39. The van der Waals surface area contributed by atoms with Gasteiger partial charge in [0.1, 0.15) is 5.60 Å². The van der Waals surface area contributed by atoms with Crippen LogP contribution in [0.25, 0.3) is 0 Å². The van der Waals surface area contributed by atoms with E-state index in [1.165, 1.54) is 18.5 Å². The molecule has 0 N–H and O–H groups in total. The molecule has 1 aromatic carbocycles. The molecule has 1 heterocycles. The van der Waals surface area contributed by atoms with Crippen LogP contribution in [-0.4, -0.2) is 42.8 Å². The summed E-state index contributed by atoms with van der Waals surface area (Å²) in [4.78, 5) is 16.0. The van der Waals surface area contributed by atoms with Crippen molar-refractivity contribution in [1.82, 2.24) is 4.90 Å². The van der Waals surface area contributed by atoms with Gasteiger partial charge in [0.25, 0.3) is 0 Å². The van der Waals surface area contributed by atoms with Crippen molar-refractivity contribution in [2.45, 2.75) is 66.9 Å². The van der Waals surface area contributed by atoms with E-state index in [2.05, 4.69) is 30.9 Å². The van der Waals surface area contributed by atoms with Gasteiger partial charge in [-0.3, -0.25) is 0 Å². The minimum absolute atomic E-state index is 0.208. The van der Waals surface area contributed by atoms with Gasteiger partial charge >= 0.3 is 6.09 Å². The van der Waals surface area contributed by atoms with E-state index >= 15 is 0 Å². The maximum absolute atomic E-state index is 11.9. The number of benzene rings is 1. The molecule has 1 aliphatic rings. The molecule has 0 spiro atoms. The molecule has 0 bridgehead atoms. The lowest BCUT2D eigenvalue weighted by molar-refractivity contribution is 0.0240. The van der Waals surface area contributed by atoms with Crippen LogP contribution in [0.15, 0.2) is 30.3 Å². The molecule has 0 saturated carbocycles. The van der Waals surface area contributed by atoms with Gasteiger partial charge in [0, 0.05) is 31.9 Å². The summed E-state index contributed by atoms with van der Waals surface area (Å²) >= 11 is 0. The number of unbranched alkanes of at least 4 members (excludes halogenated alkanes) is 1. The molecule has 1 aliphatic heterocycles. The van der Waals surface area contributed by atoms with Crippen molar-refractivity contribution in [3.63, 3.8) is 0 Å². The van der Waals surface area contributed by atoms with Gasteiger partial charge in [-0.25, -0.2) is 4.79 Å². The smallest absolute Gasteiger partial charge is 0.410 e. The highest BCUT2D eigenvalue weighted by molar-refractivity contribution is 5.68. The van der Waals surface area contributed by atoms with Gasteiger partial charge < -0.3 is 14.5 Å². The van der Waals surface area contributed by atoms with Crippen LogP contribution < -0.4 is 4.90 Å². The summed E-state index contributed by atoms with van der Waals surface area (Å²) in [6.07, 6.45) is 2.43.